The van der Waals surface area contributed by atoms with Crippen molar-refractivity contribution < 1.29 is 4.74 Å². The van der Waals surface area contributed by atoms with Crippen molar-refractivity contribution in [3.05, 3.63) is 27.6 Å². The van der Waals surface area contributed by atoms with Crippen molar-refractivity contribution in [3.8, 4) is 0 Å². The molecule has 3 nitrogen and oxygen atoms in total. The van der Waals surface area contributed by atoms with Crippen LogP contribution in [0.25, 0.3) is 11.0 Å². The zero-order valence-corrected chi connectivity index (χ0v) is 14.4. The van der Waals surface area contributed by atoms with Gasteiger partial charge in [-0.3, -0.25) is 0 Å². The summed E-state index contributed by atoms with van der Waals surface area (Å²) in [5.41, 5.74) is 2.31. The molecular weight excluding hydrogens is 387 g/mol. The Morgan fingerprint density at radius 2 is 2.35 bits per heavy atom. The Labute approximate surface area is 137 Å². The number of nitrogens with zero attached hydrogens (tertiary/aromatic N) is 2. The molecule has 0 N–H and O–H groups in total. The molecule has 20 heavy (non-hydrogen) atoms. The van der Waals surface area contributed by atoms with Gasteiger partial charge in [-0.1, -0.05) is 0 Å². The van der Waals surface area contributed by atoms with Gasteiger partial charge in [0.05, 0.1) is 17.1 Å². The van der Waals surface area contributed by atoms with Gasteiger partial charge in [-0.2, -0.15) is 0 Å². The predicted molar refractivity (Wildman–Crippen MR) is 90.6 cm³/mol. The van der Waals surface area contributed by atoms with Gasteiger partial charge in [0, 0.05) is 28.5 Å². The molecule has 5 heteroatoms. The van der Waals surface area contributed by atoms with Gasteiger partial charge in [-0.25, -0.2) is 4.98 Å². The number of benzene rings is 1. The fraction of sp³-hybridized carbons (Fsp3) is 0.533. The van der Waals surface area contributed by atoms with Gasteiger partial charge in [-0.15, -0.1) is 11.6 Å². The summed E-state index contributed by atoms with van der Waals surface area (Å²) in [5.74, 6) is 1.72. The molecule has 0 amide bonds. The van der Waals surface area contributed by atoms with Crippen molar-refractivity contribution in [2.45, 2.75) is 38.3 Å². The highest BCUT2D eigenvalue weighted by atomic mass is 127. The van der Waals surface area contributed by atoms with Gasteiger partial charge in [0.25, 0.3) is 0 Å². The van der Waals surface area contributed by atoms with Crippen LogP contribution in [-0.4, -0.2) is 28.1 Å². The van der Waals surface area contributed by atoms with Crippen molar-refractivity contribution in [1.82, 2.24) is 9.55 Å². The lowest BCUT2D eigenvalue weighted by atomic mass is 10.0. The molecule has 0 spiro atoms. The maximum Gasteiger partial charge on any atom is 0.111 e. The van der Waals surface area contributed by atoms with E-state index in [0.29, 0.717) is 18.0 Å². The van der Waals surface area contributed by atoms with Crippen molar-refractivity contribution in [2.75, 3.05) is 12.5 Å². The molecule has 1 saturated heterocycles. The molecule has 1 aromatic carbocycles. The number of aromatic nitrogens is 2. The number of rotatable bonds is 3. The quantitative estimate of drug-likeness (QED) is 0.567. The lowest BCUT2D eigenvalue weighted by Gasteiger charge is -2.29. The summed E-state index contributed by atoms with van der Waals surface area (Å²) in [5, 5.41) is 0. The second-order valence-electron chi connectivity index (χ2n) is 5.33. The van der Waals surface area contributed by atoms with Gasteiger partial charge >= 0.3 is 0 Å². The molecule has 1 aliphatic heterocycles. The van der Waals surface area contributed by atoms with E-state index in [4.69, 9.17) is 21.3 Å². The highest BCUT2D eigenvalue weighted by Crippen LogP contribution is 2.31. The number of hydrogen-bond acceptors (Lipinski definition) is 2. The molecule has 1 aromatic heterocycles. The van der Waals surface area contributed by atoms with Gasteiger partial charge in [0.15, 0.2) is 0 Å². The van der Waals surface area contributed by atoms with E-state index >= 15 is 0 Å². The highest BCUT2D eigenvalue weighted by Gasteiger charge is 2.24. The number of aryl methyl sites for hydroxylation is 1. The molecule has 1 fully saturated rings. The van der Waals surface area contributed by atoms with Crippen LogP contribution in [0.5, 0.6) is 0 Å². The largest absolute Gasteiger partial charge is 0.378 e. The number of ether oxygens (including phenoxy) is 1. The average molecular weight is 405 g/mol. The first-order valence-electron chi connectivity index (χ1n) is 7.03. The summed E-state index contributed by atoms with van der Waals surface area (Å²) in [4.78, 5) is 4.80. The minimum Gasteiger partial charge on any atom is -0.378 e. The first-order valence-corrected chi connectivity index (χ1v) is 8.64. The van der Waals surface area contributed by atoms with E-state index in [9.17, 15) is 0 Å². The topological polar surface area (TPSA) is 27.1 Å². The zero-order valence-electron chi connectivity index (χ0n) is 11.5. The molecule has 2 atom stereocenters. The van der Waals surface area contributed by atoms with E-state index in [1.54, 1.807) is 0 Å². The standard InChI is InChI=1S/C15H18ClIN2O/c1-10-8-12(5-7-20-10)19-14-3-2-11(17)9-13(14)18-15(19)4-6-16/h2-3,9-10,12H,4-8H2,1H3. The summed E-state index contributed by atoms with van der Waals surface area (Å²) in [6, 6.07) is 6.95. The first kappa shape index (κ1) is 14.6. The van der Waals surface area contributed by atoms with Gasteiger partial charge in [-0.05, 0) is 60.6 Å². The molecule has 0 radical (unpaired) electrons. The number of fused-ring (bicyclic) bond motifs is 1. The van der Waals surface area contributed by atoms with Crippen LogP contribution in [0.2, 0.25) is 0 Å². The fourth-order valence-corrected chi connectivity index (χ4v) is 3.64. The third kappa shape index (κ3) is 2.83. The summed E-state index contributed by atoms with van der Waals surface area (Å²) >= 11 is 8.29. The van der Waals surface area contributed by atoms with Crippen LogP contribution < -0.4 is 0 Å². The SMILES string of the molecule is CC1CC(n2c(CCCl)nc3cc(I)ccc32)CCO1. The number of hydrogen-bond donors (Lipinski definition) is 0. The zero-order chi connectivity index (χ0) is 14.1. The molecule has 0 saturated carbocycles. The van der Waals surface area contributed by atoms with E-state index in [1.807, 2.05) is 0 Å². The maximum atomic E-state index is 5.95. The molecule has 0 aliphatic carbocycles. The summed E-state index contributed by atoms with van der Waals surface area (Å²) < 4.78 is 9.29. The molecule has 3 rings (SSSR count). The van der Waals surface area contributed by atoms with Crippen LogP contribution in [0.4, 0.5) is 0 Å². The second kappa shape index (κ2) is 6.20. The molecule has 2 unspecified atom stereocenters. The summed E-state index contributed by atoms with van der Waals surface area (Å²) in [6.45, 7) is 2.98. The summed E-state index contributed by atoms with van der Waals surface area (Å²) in [7, 11) is 0. The normalized spacial score (nSPS) is 23.4. The Balaban J connectivity index is 2.08. The van der Waals surface area contributed by atoms with E-state index in [2.05, 4.69) is 52.3 Å². The van der Waals surface area contributed by atoms with Crippen LogP contribution in [-0.2, 0) is 11.2 Å². The van der Waals surface area contributed by atoms with Crippen molar-refractivity contribution in [3.63, 3.8) is 0 Å². The third-order valence-corrected chi connectivity index (χ3v) is 4.73. The Morgan fingerprint density at radius 1 is 1.50 bits per heavy atom. The lowest BCUT2D eigenvalue weighted by molar-refractivity contribution is 0.00625. The fourth-order valence-electron chi connectivity index (χ4n) is 3.00. The van der Waals surface area contributed by atoms with E-state index < -0.39 is 0 Å². The van der Waals surface area contributed by atoms with E-state index in [-0.39, 0.29) is 0 Å². The minimum atomic E-state index is 0.318. The van der Waals surface area contributed by atoms with Crippen molar-refractivity contribution in [2.24, 2.45) is 0 Å². The minimum absolute atomic E-state index is 0.318. The molecule has 0 bridgehead atoms. The lowest BCUT2D eigenvalue weighted by Crippen LogP contribution is -2.26. The highest BCUT2D eigenvalue weighted by molar-refractivity contribution is 14.1. The summed E-state index contributed by atoms with van der Waals surface area (Å²) in [6.07, 6.45) is 3.24. The number of imidazole rings is 1. The second-order valence-corrected chi connectivity index (χ2v) is 6.95. The Morgan fingerprint density at radius 3 is 3.10 bits per heavy atom. The molecular formula is C15H18ClIN2O. The van der Waals surface area contributed by atoms with Crippen LogP contribution in [0.1, 0.15) is 31.6 Å². The molecule has 108 valence electrons. The van der Waals surface area contributed by atoms with Crippen LogP contribution in [0.15, 0.2) is 18.2 Å². The smallest absolute Gasteiger partial charge is 0.111 e. The average Bonchev–Trinajstić information content (AvgIpc) is 2.76. The Bertz CT molecular complexity index is 613. The Kier molecular flexibility index (Phi) is 4.52. The number of halogens is 2. The predicted octanol–water partition coefficient (Wildman–Crippen LogP) is 4.16. The van der Waals surface area contributed by atoms with Gasteiger partial charge in [0.1, 0.15) is 5.82 Å². The van der Waals surface area contributed by atoms with Gasteiger partial charge in [0.2, 0.25) is 0 Å². The first-order chi connectivity index (χ1) is 9.69. The Hall–Kier alpha value is -0.330. The number of alkyl halides is 1. The third-order valence-electron chi connectivity index (χ3n) is 3.87. The van der Waals surface area contributed by atoms with Crippen LogP contribution in [0, 0.1) is 3.57 Å². The molecule has 2 aromatic rings. The van der Waals surface area contributed by atoms with E-state index in [1.165, 1.54) is 9.09 Å². The molecule has 1 aliphatic rings. The van der Waals surface area contributed by atoms with Gasteiger partial charge < -0.3 is 9.30 Å². The maximum absolute atomic E-state index is 5.95. The van der Waals surface area contributed by atoms with Crippen molar-refractivity contribution >= 4 is 45.2 Å². The molecule has 2 heterocycles. The van der Waals surface area contributed by atoms with Crippen LogP contribution in [0.3, 0.4) is 0 Å². The van der Waals surface area contributed by atoms with Crippen molar-refractivity contribution in [1.29, 1.82) is 0 Å². The van der Waals surface area contributed by atoms with E-state index in [0.717, 1.165) is 37.2 Å². The monoisotopic (exact) mass is 404 g/mol. The van der Waals surface area contributed by atoms with Crippen LogP contribution >= 0.6 is 34.2 Å².